The molecule has 0 saturated carbocycles. The van der Waals surface area contributed by atoms with E-state index < -0.39 is 0 Å². The van der Waals surface area contributed by atoms with E-state index in [-0.39, 0.29) is 5.91 Å². The van der Waals surface area contributed by atoms with Gasteiger partial charge in [-0.15, -0.1) is 0 Å². The van der Waals surface area contributed by atoms with Gasteiger partial charge in [0, 0.05) is 24.8 Å². The minimum Gasteiger partial charge on any atom is -0.347 e. The van der Waals surface area contributed by atoms with Crippen molar-refractivity contribution < 1.29 is 4.79 Å². The van der Waals surface area contributed by atoms with Gasteiger partial charge in [0.25, 0.3) is 0 Å². The number of nitrogens with one attached hydrogen (secondary N) is 1. The highest BCUT2D eigenvalue weighted by Crippen LogP contribution is 2.32. The van der Waals surface area contributed by atoms with Gasteiger partial charge in [-0.2, -0.15) is 0 Å². The monoisotopic (exact) mass is 242 g/mol. The third-order valence-electron chi connectivity index (χ3n) is 3.35. The van der Waals surface area contributed by atoms with Crippen LogP contribution in [0.3, 0.4) is 0 Å². The van der Waals surface area contributed by atoms with E-state index in [2.05, 4.69) is 9.97 Å². The minimum atomic E-state index is 0.128. The lowest BCUT2D eigenvalue weighted by atomic mass is 10.0. The fraction of sp³-hybridized carbons (Fsp3) is 0.231. The maximum absolute atomic E-state index is 11.6. The van der Waals surface area contributed by atoms with E-state index in [1.807, 2.05) is 18.2 Å². The summed E-state index contributed by atoms with van der Waals surface area (Å²) in [5, 5.41) is 0. The zero-order valence-corrected chi connectivity index (χ0v) is 10.1. The normalized spacial score (nSPS) is 14.1. The van der Waals surface area contributed by atoms with Crippen LogP contribution in [0, 0.1) is 0 Å². The predicted octanol–water partition coefficient (Wildman–Crippen LogP) is 1.05. The zero-order chi connectivity index (χ0) is 12.7. The van der Waals surface area contributed by atoms with Crippen LogP contribution < -0.4 is 10.6 Å². The van der Waals surface area contributed by atoms with Crippen molar-refractivity contribution in [3.8, 4) is 11.3 Å². The van der Waals surface area contributed by atoms with Gasteiger partial charge in [0.2, 0.25) is 5.91 Å². The molecule has 3 rings (SSSR count). The summed E-state index contributed by atoms with van der Waals surface area (Å²) in [4.78, 5) is 20.6. The molecular formula is C13H14N4O. The number of imidazole rings is 1. The van der Waals surface area contributed by atoms with Gasteiger partial charge in [0.15, 0.2) is 0 Å². The van der Waals surface area contributed by atoms with Crippen LogP contribution in [0.15, 0.2) is 24.5 Å². The molecule has 0 fully saturated rings. The largest absolute Gasteiger partial charge is 0.347 e. The Balaban J connectivity index is 2.07. The fourth-order valence-corrected chi connectivity index (χ4v) is 2.34. The van der Waals surface area contributed by atoms with Crippen molar-refractivity contribution in [2.24, 2.45) is 5.73 Å². The van der Waals surface area contributed by atoms with Gasteiger partial charge >= 0.3 is 0 Å². The highest BCUT2D eigenvalue weighted by molar-refractivity contribution is 6.01. The first-order chi connectivity index (χ1) is 8.70. The third kappa shape index (κ3) is 1.52. The number of amides is 1. The first kappa shape index (κ1) is 11.0. The molecule has 0 unspecified atom stereocenters. The number of rotatable bonds is 2. The molecule has 3 N–H and O–H groups in total. The molecule has 1 aromatic heterocycles. The second-order valence-corrected chi connectivity index (χ2v) is 4.41. The standard InChI is InChI=1S/C13H14N4O/c1-17-11-3-2-8(4-9(11)5-12(17)18)13-10(6-14)15-7-16-13/h2-4,7H,5-6,14H2,1H3,(H,15,16). The predicted molar refractivity (Wildman–Crippen MR) is 69.0 cm³/mol. The first-order valence-corrected chi connectivity index (χ1v) is 5.83. The van der Waals surface area contributed by atoms with Gasteiger partial charge in [-0.3, -0.25) is 4.79 Å². The van der Waals surface area contributed by atoms with Crippen LogP contribution in [0.25, 0.3) is 11.3 Å². The molecule has 0 atom stereocenters. The summed E-state index contributed by atoms with van der Waals surface area (Å²) < 4.78 is 0. The van der Waals surface area contributed by atoms with Crippen LogP contribution >= 0.6 is 0 Å². The lowest BCUT2D eigenvalue weighted by Gasteiger charge is -2.10. The number of carbonyl (C=O) groups excluding carboxylic acids is 1. The molecule has 18 heavy (non-hydrogen) atoms. The Morgan fingerprint density at radius 2 is 2.33 bits per heavy atom. The van der Waals surface area contributed by atoms with E-state index in [0.717, 1.165) is 28.2 Å². The molecule has 1 aliphatic rings. The summed E-state index contributed by atoms with van der Waals surface area (Å²) in [6, 6.07) is 5.96. The van der Waals surface area contributed by atoms with Crippen molar-refractivity contribution >= 4 is 11.6 Å². The topological polar surface area (TPSA) is 75.0 Å². The average molecular weight is 242 g/mol. The summed E-state index contributed by atoms with van der Waals surface area (Å²) in [6.07, 6.45) is 2.10. The second-order valence-electron chi connectivity index (χ2n) is 4.41. The van der Waals surface area contributed by atoms with Crippen LogP contribution in [0.4, 0.5) is 5.69 Å². The minimum absolute atomic E-state index is 0.128. The lowest BCUT2D eigenvalue weighted by Crippen LogP contribution is -2.20. The van der Waals surface area contributed by atoms with Crippen LogP contribution in [0.2, 0.25) is 0 Å². The van der Waals surface area contributed by atoms with Gasteiger partial charge in [-0.1, -0.05) is 6.07 Å². The second kappa shape index (κ2) is 3.96. The SMILES string of the molecule is CN1C(=O)Cc2cc(-c3nc[nH]c3CN)ccc21. The fourth-order valence-electron chi connectivity index (χ4n) is 2.34. The van der Waals surface area contributed by atoms with Crippen molar-refractivity contribution in [3.05, 3.63) is 35.8 Å². The zero-order valence-electron chi connectivity index (χ0n) is 10.1. The van der Waals surface area contributed by atoms with E-state index in [1.165, 1.54) is 0 Å². The number of nitrogens with zero attached hydrogens (tertiary/aromatic N) is 2. The van der Waals surface area contributed by atoms with E-state index in [0.29, 0.717) is 13.0 Å². The molecule has 0 radical (unpaired) electrons. The van der Waals surface area contributed by atoms with Gasteiger partial charge in [-0.25, -0.2) is 4.98 Å². The van der Waals surface area contributed by atoms with Gasteiger partial charge in [0.1, 0.15) is 0 Å². The van der Waals surface area contributed by atoms with Crippen LogP contribution in [-0.4, -0.2) is 22.9 Å². The van der Waals surface area contributed by atoms with Crippen molar-refractivity contribution in [3.63, 3.8) is 0 Å². The average Bonchev–Trinajstić information content (AvgIpc) is 2.95. The Morgan fingerprint density at radius 3 is 3.11 bits per heavy atom. The van der Waals surface area contributed by atoms with E-state index in [4.69, 9.17) is 5.73 Å². The van der Waals surface area contributed by atoms with Crippen LogP contribution in [-0.2, 0) is 17.8 Å². The number of nitrogens with two attached hydrogens (primary N) is 1. The number of benzene rings is 1. The van der Waals surface area contributed by atoms with E-state index in [9.17, 15) is 4.79 Å². The summed E-state index contributed by atoms with van der Waals surface area (Å²) in [5.41, 5.74) is 10.5. The molecule has 92 valence electrons. The van der Waals surface area contributed by atoms with Crippen molar-refractivity contribution in [1.82, 2.24) is 9.97 Å². The van der Waals surface area contributed by atoms with Crippen molar-refractivity contribution in [1.29, 1.82) is 0 Å². The number of H-pyrrole nitrogens is 1. The Bertz CT molecular complexity index is 617. The number of likely N-dealkylation sites (N-methyl/N-ethyl adjacent to an activating group) is 1. The molecule has 2 heterocycles. The molecule has 0 aliphatic carbocycles. The Morgan fingerprint density at radius 1 is 1.50 bits per heavy atom. The number of hydrogen-bond donors (Lipinski definition) is 2. The molecule has 0 bridgehead atoms. The number of fused-ring (bicyclic) bond motifs is 1. The molecule has 5 heteroatoms. The van der Waals surface area contributed by atoms with Gasteiger partial charge < -0.3 is 15.6 Å². The summed E-state index contributed by atoms with van der Waals surface area (Å²) in [7, 11) is 1.80. The van der Waals surface area contributed by atoms with Gasteiger partial charge in [-0.05, 0) is 17.7 Å². The molecule has 2 aromatic rings. The molecule has 1 amide bonds. The Kier molecular flexibility index (Phi) is 2.41. The van der Waals surface area contributed by atoms with Crippen LogP contribution in [0.5, 0.6) is 0 Å². The molecule has 1 aliphatic heterocycles. The summed E-state index contributed by atoms with van der Waals surface area (Å²) in [5.74, 6) is 0.128. The maximum atomic E-state index is 11.6. The molecule has 0 spiro atoms. The first-order valence-electron chi connectivity index (χ1n) is 5.83. The maximum Gasteiger partial charge on any atom is 0.231 e. The smallest absolute Gasteiger partial charge is 0.231 e. The highest BCUT2D eigenvalue weighted by Gasteiger charge is 2.24. The number of anilines is 1. The molecular weight excluding hydrogens is 228 g/mol. The van der Waals surface area contributed by atoms with Gasteiger partial charge in [0.05, 0.1) is 24.1 Å². The Labute approximate surface area is 105 Å². The highest BCUT2D eigenvalue weighted by atomic mass is 16.2. The van der Waals surface area contributed by atoms with E-state index in [1.54, 1.807) is 18.3 Å². The summed E-state index contributed by atoms with van der Waals surface area (Å²) >= 11 is 0. The lowest BCUT2D eigenvalue weighted by molar-refractivity contribution is -0.117. The third-order valence-corrected chi connectivity index (χ3v) is 3.35. The van der Waals surface area contributed by atoms with E-state index >= 15 is 0 Å². The number of aromatic amines is 1. The van der Waals surface area contributed by atoms with Crippen molar-refractivity contribution in [2.45, 2.75) is 13.0 Å². The number of hydrogen-bond acceptors (Lipinski definition) is 3. The summed E-state index contributed by atoms with van der Waals surface area (Å²) in [6.45, 7) is 0.422. The number of carbonyl (C=O) groups is 1. The molecule has 1 aromatic carbocycles. The number of aromatic nitrogens is 2. The quantitative estimate of drug-likeness (QED) is 0.826. The molecule has 5 nitrogen and oxygen atoms in total. The van der Waals surface area contributed by atoms with Crippen molar-refractivity contribution in [2.75, 3.05) is 11.9 Å². The molecule has 0 saturated heterocycles. The Hall–Kier alpha value is -2.14. The van der Waals surface area contributed by atoms with Crippen LogP contribution in [0.1, 0.15) is 11.3 Å².